The van der Waals surface area contributed by atoms with Gasteiger partial charge in [0.25, 0.3) is 0 Å². The van der Waals surface area contributed by atoms with Crippen LogP contribution in [0.15, 0.2) is 34.4 Å². The number of fused-ring (bicyclic) bond motifs is 1. The highest BCUT2D eigenvalue weighted by molar-refractivity contribution is 8.27. The molecule has 0 spiro atoms. The predicted octanol–water partition coefficient (Wildman–Crippen LogP) is 2.21. The van der Waals surface area contributed by atoms with Gasteiger partial charge in [0, 0.05) is 18.5 Å². The lowest BCUT2D eigenvalue weighted by atomic mass is 10.2. The van der Waals surface area contributed by atoms with Crippen molar-refractivity contribution < 1.29 is 9.18 Å². The number of benzene rings is 1. The minimum Gasteiger partial charge on any atom is -0.273 e. The van der Waals surface area contributed by atoms with Crippen molar-refractivity contribution in [3.05, 3.63) is 35.6 Å². The molecule has 92 valence electrons. The van der Waals surface area contributed by atoms with Gasteiger partial charge in [0.15, 0.2) is 5.17 Å². The molecule has 0 fully saturated rings. The average molecular weight is 263 g/mol. The molecule has 0 aromatic heterocycles. The van der Waals surface area contributed by atoms with Gasteiger partial charge in [0.1, 0.15) is 10.9 Å². The largest absolute Gasteiger partial charge is 0.273 e. The van der Waals surface area contributed by atoms with E-state index in [4.69, 9.17) is 0 Å². The Balaban J connectivity index is 1.89. The van der Waals surface area contributed by atoms with Crippen molar-refractivity contribution in [3.63, 3.8) is 0 Å². The van der Waals surface area contributed by atoms with Crippen molar-refractivity contribution in [1.29, 1.82) is 0 Å². The van der Waals surface area contributed by atoms with Gasteiger partial charge < -0.3 is 0 Å². The van der Waals surface area contributed by atoms with Gasteiger partial charge in [0.2, 0.25) is 5.91 Å². The first-order valence-electron chi connectivity index (χ1n) is 5.64. The summed E-state index contributed by atoms with van der Waals surface area (Å²) in [5.74, 6) is -0.375. The SMILES string of the molecule is O=C1CCCN2N=C(c3ccc(F)cc3)SC2=N1. The van der Waals surface area contributed by atoms with E-state index in [1.54, 1.807) is 17.1 Å². The van der Waals surface area contributed by atoms with Crippen LogP contribution in [0.3, 0.4) is 0 Å². The summed E-state index contributed by atoms with van der Waals surface area (Å²) in [6.07, 6.45) is 1.23. The Labute approximate surface area is 108 Å². The number of hydrazone groups is 1. The minimum atomic E-state index is -0.274. The van der Waals surface area contributed by atoms with Crippen LogP contribution < -0.4 is 0 Å². The maximum absolute atomic E-state index is 12.8. The van der Waals surface area contributed by atoms with Crippen molar-refractivity contribution in [2.24, 2.45) is 10.1 Å². The molecule has 3 rings (SSSR count). The van der Waals surface area contributed by atoms with Crippen LogP contribution >= 0.6 is 11.8 Å². The van der Waals surface area contributed by atoms with Crippen LogP contribution in [0.1, 0.15) is 18.4 Å². The molecule has 18 heavy (non-hydrogen) atoms. The van der Waals surface area contributed by atoms with Gasteiger partial charge in [-0.2, -0.15) is 10.1 Å². The first kappa shape index (κ1) is 11.4. The second kappa shape index (κ2) is 4.53. The summed E-state index contributed by atoms with van der Waals surface area (Å²) in [6, 6.07) is 6.15. The van der Waals surface area contributed by atoms with E-state index < -0.39 is 0 Å². The third-order valence-electron chi connectivity index (χ3n) is 2.69. The summed E-state index contributed by atoms with van der Waals surface area (Å²) in [4.78, 5) is 15.4. The fraction of sp³-hybridized carbons (Fsp3) is 0.250. The number of amides is 1. The summed E-state index contributed by atoms with van der Waals surface area (Å²) in [7, 11) is 0. The smallest absolute Gasteiger partial charge is 0.248 e. The van der Waals surface area contributed by atoms with Gasteiger partial charge in [-0.1, -0.05) is 0 Å². The van der Waals surface area contributed by atoms with E-state index in [0.717, 1.165) is 17.0 Å². The molecule has 6 heteroatoms. The minimum absolute atomic E-state index is 0.101. The summed E-state index contributed by atoms with van der Waals surface area (Å²) in [5.41, 5.74) is 0.838. The summed E-state index contributed by atoms with van der Waals surface area (Å²) >= 11 is 1.35. The predicted molar refractivity (Wildman–Crippen MR) is 68.9 cm³/mol. The lowest BCUT2D eigenvalue weighted by Crippen LogP contribution is -2.18. The number of halogens is 1. The lowest BCUT2D eigenvalue weighted by Gasteiger charge is -2.09. The maximum atomic E-state index is 12.8. The average Bonchev–Trinajstić information content (AvgIpc) is 2.65. The van der Waals surface area contributed by atoms with Crippen LogP contribution in [0.4, 0.5) is 4.39 Å². The van der Waals surface area contributed by atoms with Crippen LogP contribution in [0.5, 0.6) is 0 Å². The third kappa shape index (κ3) is 2.15. The third-order valence-corrected chi connectivity index (χ3v) is 3.69. The number of carbonyl (C=O) groups is 1. The van der Waals surface area contributed by atoms with Gasteiger partial charge in [0.05, 0.1) is 0 Å². The highest BCUT2D eigenvalue weighted by Gasteiger charge is 2.26. The van der Waals surface area contributed by atoms with Crippen molar-refractivity contribution in [2.75, 3.05) is 6.54 Å². The van der Waals surface area contributed by atoms with Crippen LogP contribution in [0.2, 0.25) is 0 Å². The van der Waals surface area contributed by atoms with Crippen molar-refractivity contribution in [2.45, 2.75) is 12.8 Å². The molecule has 4 nitrogen and oxygen atoms in total. The van der Waals surface area contributed by atoms with Gasteiger partial charge in [-0.3, -0.25) is 4.79 Å². The number of hydrogen-bond acceptors (Lipinski definition) is 4. The van der Waals surface area contributed by atoms with Gasteiger partial charge >= 0.3 is 0 Å². The molecule has 0 aliphatic carbocycles. The number of carbonyl (C=O) groups excluding carboxylic acids is 1. The summed E-state index contributed by atoms with van der Waals surface area (Å²) in [5, 5.41) is 7.53. The van der Waals surface area contributed by atoms with Gasteiger partial charge in [-0.25, -0.2) is 9.40 Å². The molecule has 0 saturated heterocycles. The zero-order valence-electron chi connectivity index (χ0n) is 9.47. The van der Waals surface area contributed by atoms with Crippen molar-refractivity contribution >= 4 is 27.9 Å². The fourth-order valence-electron chi connectivity index (χ4n) is 1.79. The summed E-state index contributed by atoms with van der Waals surface area (Å²) in [6.45, 7) is 0.697. The first-order chi connectivity index (χ1) is 8.72. The van der Waals surface area contributed by atoms with Crippen LogP contribution in [-0.4, -0.2) is 27.7 Å². The topological polar surface area (TPSA) is 45.0 Å². The molecule has 0 radical (unpaired) electrons. The Morgan fingerprint density at radius 1 is 1.28 bits per heavy atom. The first-order valence-corrected chi connectivity index (χ1v) is 6.45. The number of amidine groups is 1. The van der Waals surface area contributed by atoms with Crippen LogP contribution in [-0.2, 0) is 4.79 Å². The second-order valence-electron chi connectivity index (χ2n) is 4.03. The molecule has 1 aromatic carbocycles. The molecule has 0 bridgehead atoms. The number of rotatable bonds is 1. The normalized spacial score (nSPS) is 19.2. The molecule has 0 saturated carbocycles. The Morgan fingerprint density at radius 2 is 2.06 bits per heavy atom. The van der Waals surface area contributed by atoms with E-state index in [2.05, 4.69) is 10.1 Å². The Bertz CT molecular complexity index is 553. The van der Waals surface area contributed by atoms with E-state index >= 15 is 0 Å². The lowest BCUT2D eigenvalue weighted by molar-refractivity contribution is -0.117. The molecule has 1 aromatic rings. The Morgan fingerprint density at radius 3 is 2.83 bits per heavy atom. The molecular formula is C12H10FN3OS. The molecule has 2 heterocycles. The van der Waals surface area contributed by atoms with Gasteiger partial charge in [-0.15, -0.1) is 0 Å². The molecule has 0 atom stereocenters. The molecule has 1 amide bonds. The quantitative estimate of drug-likeness (QED) is 0.780. The number of aliphatic imine (C=N–C) groups is 1. The molecule has 0 N–H and O–H groups in total. The van der Waals surface area contributed by atoms with E-state index in [9.17, 15) is 9.18 Å². The van der Waals surface area contributed by atoms with Crippen molar-refractivity contribution in [1.82, 2.24) is 5.01 Å². The fourth-order valence-corrected chi connectivity index (χ4v) is 2.74. The number of hydrogen-bond donors (Lipinski definition) is 0. The molecular weight excluding hydrogens is 253 g/mol. The summed E-state index contributed by atoms with van der Waals surface area (Å²) < 4.78 is 12.8. The molecule has 0 unspecified atom stereocenters. The molecule has 2 aliphatic heterocycles. The Hall–Kier alpha value is -1.69. The van der Waals surface area contributed by atoms with Crippen LogP contribution in [0.25, 0.3) is 0 Å². The molecule has 2 aliphatic rings. The Kier molecular flexibility index (Phi) is 2.87. The van der Waals surface area contributed by atoms with E-state index in [1.165, 1.54) is 23.9 Å². The number of nitrogens with zero attached hydrogens (tertiary/aromatic N) is 3. The highest BCUT2D eigenvalue weighted by atomic mass is 32.2. The van der Waals surface area contributed by atoms with E-state index in [1.807, 2.05) is 0 Å². The zero-order chi connectivity index (χ0) is 12.5. The van der Waals surface area contributed by atoms with E-state index in [0.29, 0.717) is 18.1 Å². The highest BCUT2D eigenvalue weighted by Crippen LogP contribution is 2.27. The van der Waals surface area contributed by atoms with Crippen LogP contribution in [0, 0.1) is 5.82 Å². The standard InChI is InChI=1S/C12H10FN3OS/c13-9-5-3-8(4-6-9)11-15-16-7-1-2-10(17)14-12(16)18-11/h3-6H,1-2,7H2. The number of thioether (sulfide) groups is 1. The zero-order valence-corrected chi connectivity index (χ0v) is 10.3. The monoisotopic (exact) mass is 263 g/mol. The van der Waals surface area contributed by atoms with Crippen molar-refractivity contribution in [3.8, 4) is 0 Å². The maximum Gasteiger partial charge on any atom is 0.248 e. The van der Waals surface area contributed by atoms with E-state index in [-0.39, 0.29) is 11.7 Å². The second-order valence-corrected chi connectivity index (χ2v) is 4.98. The van der Waals surface area contributed by atoms with Gasteiger partial charge in [-0.05, 0) is 42.4 Å².